The molecule has 15 nitrogen and oxygen atoms in total. The first kappa shape index (κ1) is 28.9. The minimum atomic E-state index is -4.28. The summed E-state index contributed by atoms with van der Waals surface area (Å²) in [6, 6.07) is 3.84. The molecule has 0 radical (unpaired) electrons. The molecule has 0 aromatic carbocycles. The van der Waals surface area contributed by atoms with E-state index < -0.39 is 56.4 Å². The number of methoxy groups -OCH3 is 1. The molecule has 204 valence electrons. The number of nitrogens with two attached hydrogens (primary N) is 1. The molecule has 2 aromatic heterocycles. The third-order valence-electron chi connectivity index (χ3n) is 5.50. The van der Waals surface area contributed by atoms with Gasteiger partial charge in [-0.2, -0.15) is 10.4 Å². The predicted octanol–water partition coefficient (Wildman–Crippen LogP) is 0.0844. The van der Waals surface area contributed by atoms with Gasteiger partial charge in [-0.15, -0.1) is 0 Å². The molecular formula is C21H31N6O9P. The number of nitriles is 1. The number of aliphatic hydroxyl groups excluding tert-OH is 2. The van der Waals surface area contributed by atoms with Crippen LogP contribution < -0.4 is 10.8 Å². The van der Waals surface area contributed by atoms with E-state index >= 15 is 0 Å². The van der Waals surface area contributed by atoms with E-state index in [-0.39, 0.29) is 24.7 Å². The molecule has 0 aliphatic carbocycles. The van der Waals surface area contributed by atoms with Gasteiger partial charge in [0.15, 0.2) is 5.82 Å². The van der Waals surface area contributed by atoms with Crippen LogP contribution in [-0.2, 0) is 32.6 Å². The van der Waals surface area contributed by atoms with Crippen molar-refractivity contribution in [3.63, 3.8) is 0 Å². The fraction of sp³-hybridized carbons (Fsp3) is 0.619. The van der Waals surface area contributed by atoms with Crippen molar-refractivity contribution in [3.8, 4) is 6.07 Å². The molecule has 5 N–H and O–H groups in total. The number of carbonyl (C=O) groups excluding carboxylic acids is 1. The second-order valence-corrected chi connectivity index (χ2v) is 10.4. The number of nitrogens with one attached hydrogen (secondary N) is 1. The van der Waals surface area contributed by atoms with Gasteiger partial charge < -0.3 is 30.2 Å². The lowest BCUT2D eigenvalue weighted by molar-refractivity contribution is -0.149. The largest absolute Gasteiger partial charge is 0.462 e. The summed E-state index contributed by atoms with van der Waals surface area (Å²) >= 11 is 0. The Morgan fingerprint density at radius 1 is 1.35 bits per heavy atom. The van der Waals surface area contributed by atoms with Crippen molar-refractivity contribution in [3.05, 3.63) is 24.2 Å². The highest BCUT2D eigenvalue weighted by Gasteiger charge is 2.57. The van der Waals surface area contributed by atoms with Crippen LogP contribution in [0.15, 0.2) is 18.5 Å². The van der Waals surface area contributed by atoms with Crippen LogP contribution in [0.1, 0.15) is 32.6 Å². The van der Waals surface area contributed by atoms with Crippen molar-refractivity contribution >= 4 is 25.1 Å². The van der Waals surface area contributed by atoms with Gasteiger partial charge >= 0.3 is 13.7 Å². The zero-order chi connectivity index (χ0) is 27.4. The lowest BCUT2D eigenvalue weighted by Crippen LogP contribution is -2.46. The average Bonchev–Trinajstić information content (AvgIpc) is 3.38. The van der Waals surface area contributed by atoms with Crippen LogP contribution in [0.3, 0.4) is 0 Å². The van der Waals surface area contributed by atoms with Crippen molar-refractivity contribution in [2.75, 3.05) is 32.7 Å². The first-order valence-corrected chi connectivity index (χ1v) is 12.9. The zero-order valence-corrected chi connectivity index (χ0v) is 21.7. The summed E-state index contributed by atoms with van der Waals surface area (Å²) in [6.45, 7) is 3.78. The topological polar surface area (TPSA) is 213 Å². The number of hydrogen-bond acceptors (Lipinski definition) is 13. The summed E-state index contributed by atoms with van der Waals surface area (Å²) in [6.07, 6.45) is -3.80. The third kappa shape index (κ3) is 6.25. The van der Waals surface area contributed by atoms with Gasteiger partial charge in [-0.25, -0.2) is 19.2 Å². The predicted molar refractivity (Wildman–Crippen MR) is 127 cm³/mol. The smallest absolute Gasteiger partial charge is 0.406 e. The van der Waals surface area contributed by atoms with Crippen molar-refractivity contribution < 1.29 is 42.8 Å². The lowest BCUT2D eigenvalue weighted by atomic mass is 9.96. The Balaban J connectivity index is 1.82. The maximum Gasteiger partial charge on any atom is 0.406 e. The van der Waals surface area contributed by atoms with E-state index in [1.54, 1.807) is 32.0 Å². The lowest BCUT2D eigenvalue weighted by Gasteiger charge is -2.28. The molecule has 2 aromatic rings. The number of carbonyl (C=O) groups is 1. The van der Waals surface area contributed by atoms with Crippen molar-refractivity contribution in [1.82, 2.24) is 19.7 Å². The molecule has 1 unspecified atom stereocenters. The second-order valence-electron chi connectivity index (χ2n) is 8.61. The summed E-state index contributed by atoms with van der Waals surface area (Å²) in [5.74, 6) is -0.535. The number of anilines is 1. The van der Waals surface area contributed by atoms with Gasteiger partial charge in [0.05, 0.1) is 25.0 Å². The molecule has 37 heavy (non-hydrogen) atoms. The van der Waals surface area contributed by atoms with Gasteiger partial charge in [-0.05, 0) is 32.9 Å². The Hall–Kier alpha value is -2.67. The maximum atomic E-state index is 13.5. The van der Waals surface area contributed by atoms with E-state index in [9.17, 15) is 24.8 Å². The summed E-state index contributed by atoms with van der Waals surface area (Å²) in [5, 5.41) is 38.0. The minimum Gasteiger partial charge on any atom is -0.462 e. The quantitative estimate of drug-likeness (QED) is 0.159. The molecule has 3 rings (SSSR count). The highest BCUT2D eigenvalue weighted by atomic mass is 31.2. The minimum absolute atomic E-state index is 0.0510. The van der Waals surface area contributed by atoms with Gasteiger partial charge in [0.2, 0.25) is 5.60 Å². The summed E-state index contributed by atoms with van der Waals surface area (Å²) in [4.78, 5) is 16.1. The number of nitrogen functional groups attached to an aromatic ring is 1. The normalized spacial score (nSPS) is 26.2. The van der Waals surface area contributed by atoms with Gasteiger partial charge in [0.1, 0.15) is 48.9 Å². The number of ether oxygens (including phenoxy) is 3. The number of aliphatic hydroxyl groups is 2. The number of rotatable bonds is 12. The average molecular weight is 542 g/mol. The monoisotopic (exact) mass is 542 g/mol. The number of fused-ring (bicyclic) bond motifs is 1. The molecular weight excluding hydrogens is 511 g/mol. The SMILES string of the molecule is COCCOP(=O)(N[C@@H](C)C(=O)OC(C)C)OC[C@@]1(C#N)O[C@@H](c2ccc3c(N)ncnn23)[C@H](O)[C@@H]1O. The molecule has 0 spiro atoms. The van der Waals surface area contributed by atoms with E-state index in [1.807, 2.05) is 0 Å². The maximum absolute atomic E-state index is 13.5. The Morgan fingerprint density at radius 2 is 2.08 bits per heavy atom. The molecule has 0 amide bonds. The number of nitrogens with zero attached hydrogens (tertiary/aromatic N) is 4. The first-order chi connectivity index (χ1) is 17.5. The fourth-order valence-corrected chi connectivity index (χ4v) is 5.11. The molecule has 3 heterocycles. The highest BCUT2D eigenvalue weighted by Crippen LogP contribution is 2.48. The Bertz CT molecular complexity index is 1190. The van der Waals surface area contributed by atoms with Crippen molar-refractivity contribution in [2.24, 2.45) is 0 Å². The molecule has 0 saturated carbocycles. The Morgan fingerprint density at radius 3 is 2.73 bits per heavy atom. The summed E-state index contributed by atoms with van der Waals surface area (Å²) < 4.78 is 41.4. The molecule has 1 fully saturated rings. The van der Waals surface area contributed by atoms with E-state index in [4.69, 9.17) is 29.0 Å². The van der Waals surface area contributed by atoms with Gasteiger partial charge in [-0.1, -0.05) is 0 Å². The molecule has 6 atom stereocenters. The molecule has 1 aliphatic rings. The third-order valence-corrected chi connectivity index (χ3v) is 7.19. The highest BCUT2D eigenvalue weighted by molar-refractivity contribution is 7.51. The van der Waals surface area contributed by atoms with Crippen LogP contribution in [0.2, 0.25) is 0 Å². The van der Waals surface area contributed by atoms with E-state index in [2.05, 4.69) is 15.2 Å². The second kappa shape index (κ2) is 11.8. The number of hydrogen-bond donors (Lipinski definition) is 4. The summed E-state index contributed by atoms with van der Waals surface area (Å²) in [5.41, 5.74) is 4.41. The van der Waals surface area contributed by atoms with Crippen LogP contribution in [0.25, 0.3) is 5.52 Å². The Kier molecular flexibility index (Phi) is 9.22. The van der Waals surface area contributed by atoms with Crippen LogP contribution >= 0.6 is 7.75 Å². The summed E-state index contributed by atoms with van der Waals surface area (Å²) in [7, 11) is -2.87. The van der Waals surface area contributed by atoms with E-state index in [0.29, 0.717) is 5.52 Å². The van der Waals surface area contributed by atoms with Crippen molar-refractivity contribution in [2.45, 2.75) is 56.8 Å². The molecule has 1 saturated heterocycles. The standard InChI is InChI=1S/C21H31N6O9P/c1-12(2)35-20(30)13(3)26-37(31,33-8-7-32-4)34-10-21(9-22)18(29)16(28)17(36-21)14-5-6-15-19(23)24-11-25-27(14)15/h5-6,11-13,16-18,28-29H,7-8,10H2,1-4H3,(H,26,31)(H2,23,24,25)/t13-,16-,17-,18-,21+,37?/m0/s1. The van der Waals surface area contributed by atoms with Gasteiger partial charge in [-0.3, -0.25) is 13.8 Å². The Labute approximate surface area is 213 Å². The van der Waals surface area contributed by atoms with Crippen LogP contribution in [0, 0.1) is 11.3 Å². The van der Waals surface area contributed by atoms with Crippen LogP contribution in [0.5, 0.6) is 0 Å². The van der Waals surface area contributed by atoms with Gasteiger partial charge in [0.25, 0.3) is 0 Å². The first-order valence-electron chi connectivity index (χ1n) is 11.4. The van der Waals surface area contributed by atoms with E-state index in [0.717, 1.165) is 0 Å². The molecule has 0 bridgehead atoms. The van der Waals surface area contributed by atoms with Crippen LogP contribution in [0.4, 0.5) is 5.82 Å². The number of esters is 1. The van der Waals surface area contributed by atoms with Crippen LogP contribution in [-0.4, -0.2) is 87.7 Å². The molecule has 1 aliphatic heterocycles. The molecule has 16 heteroatoms. The zero-order valence-electron chi connectivity index (χ0n) is 20.8. The van der Waals surface area contributed by atoms with Crippen molar-refractivity contribution in [1.29, 1.82) is 5.26 Å². The fourth-order valence-electron chi connectivity index (χ4n) is 3.63. The number of aromatic nitrogens is 3. The van der Waals surface area contributed by atoms with Gasteiger partial charge in [0, 0.05) is 7.11 Å². The van der Waals surface area contributed by atoms with E-state index in [1.165, 1.54) is 24.9 Å².